The summed E-state index contributed by atoms with van der Waals surface area (Å²) in [6.07, 6.45) is 0.387. The third-order valence-electron chi connectivity index (χ3n) is 4.45. The number of hydrogen-bond acceptors (Lipinski definition) is 3. The largest absolute Gasteiger partial charge is 0.478 e. The summed E-state index contributed by atoms with van der Waals surface area (Å²) in [6, 6.07) is 5.03. The Morgan fingerprint density at radius 1 is 1.32 bits per heavy atom. The monoisotopic (exact) mass is 349 g/mol. The molecule has 1 aromatic heterocycles. The van der Waals surface area contributed by atoms with E-state index in [4.69, 9.17) is 9.52 Å². The molecule has 0 radical (unpaired) electrons. The lowest BCUT2D eigenvalue weighted by atomic mass is 10.1. The Morgan fingerprint density at radius 3 is 2.52 bits per heavy atom. The highest BCUT2D eigenvalue weighted by atomic mass is 19.1. The molecule has 2 aromatic rings. The normalized spacial score (nSPS) is 18.9. The highest BCUT2D eigenvalue weighted by molar-refractivity contribution is 5.89. The quantitative estimate of drug-likeness (QED) is 0.899. The van der Waals surface area contributed by atoms with Crippen LogP contribution in [0, 0.1) is 24.5 Å². The van der Waals surface area contributed by atoms with Gasteiger partial charge in [-0.3, -0.25) is 4.79 Å². The number of aromatic carboxylic acids is 1. The molecule has 132 valence electrons. The van der Waals surface area contributed by atoms with E-state index in [9.17, 15) is 18.4 Å². The van der Waals surface area contributed by atoms with E-state index in [2.05, 4.69) is 0 Å². The van der Waals surface area contributed by atoms with Gasteiger partial charge in [-0.15, -0.1) is 0 Å². The molecule has 1 aromatic carbocycles. The molecule has 1 aliphatic carbocycles. The van der Waals surface area contributed by atoms with Gasteiger partial charge in [-0.25, -0.2) is 13.6 Å². The lowest BCUT2D eigenvalue weighted by Crippen LogP contribution is -2.28. The molecule has 1 heterocycles. The Hall–Kier alpha value is -2.70. The van der Waals surface area contributed by atoms with Crippen LogP contribution in [0.2, 0.25) is 0 Å². The summed E-state index contributed by atoms with van der Waals surface area (Å²) in [4.78, 5) is 24.9. The summed E-state index contributed by atoms with van der Waals surface area (Å²) in [7, 11) is 1.55. The lowest BCUT2D eigenvalue weighted by Gasteiger charge is -2.16. The highest BCUT2D eigenvalue weighted by Crippen LogP contribution is 2.50. The summed E-state index contributed by atoms with van der Waals surface area (Å²) < 4.78 is 33.0. The van der Waals surface area contributed by atoms with Gasteiger partial charge in [-0.2, -0.15) is 0 Å². The van der Waals surface area contributed by atoms with Crippen molar-refractivity contribution in [2.75, 3.05) is 7.05 Å². The predicted molar refractivity (Wildman–Crippen MR) is 84.1 cm³/mol. The molecule has 3 rings (SSSR count). The van der Waals surface area contributed by atoms with Gasteiger partial charge in [0.15, 0.2) is 0 Å². The first kappa shape index (κ1) is 17.1. The van der Waals surface area contributed by atoms with Gasteiger partial charge < -0.3 is 14.4 Å². The van der Waals surface area contributed by atoms with E-state index in [1.165, 1.54) is 36.1 Å². The maximum Gasteiger partial charge on any atom is 0.339 e. The van der Waals surface area contributed by atoms with Gasteiger partial charge in [-0.05, 0) is 31.5 Å². The standard InChI is InChI=1S/C18H17F2NO4/c1-9-11(18(23)24)6-10(25-9)8-21(2)17(22)13-7-12(13)16-14(19)4-3-5-15(16)20/h3-6,12-13H,7-8H2,1-2H3,(H,23,24)/t12-,13+/m1/s1. The lowest BCUT2D eigenvalue weighted by molar-refractivity contribution is -0.132. The van der Waals surface area contributed by atoms with Crippen molar-refractivity contribution < 1.29 is 27.9 Å². The number of carbonyl (C=O) groups excluding carboxylic acids is 1. The molecule has 1 N–H and O–H groups in total. The molecule has 0 spiro atoms. The van der Waals surface area contributed by atoms with Crippen molar-refractivity contribution in [3.8, 4) is 0 Å². The minimum Gasteiger partial charge on any atom is -0.478 e. The van der Waals surface area contributed by atoms with Crippen LogP contribution < -0.4 is 0 Å². The zero-order chi connectivity index (χ0) is 18.3. The summed E-state index contributed by atoms with van der Waals surface area (Å²) >= 11 is 0. The van der Waals surface area contributed by atoms with Crippen molar-refractivity contribution >= 4 is 11.9 Å². The Kier molecular flexibility index (Phi) is 4.32. The van der Waals surface area contributed by atoms with Crippen LogP contribution in [0.1, 0.15) is 39.8 Å². The number of carboxylic acids is 1. The van der Waals surface area contributed by atoms with Gasteiger partial charge in [0.2, 0.25) is 5.91 Å². The number of nitrogens with zero attached hydrogens (tertiary/aromatic N) is 1. The number of carboxylic acid groups (broad SMARTS) is 1. The Morgan fingerprint density at radius 2 is 1.96 bits per heavy atom. The number of halogens is 2. The highest BCUT2D eigenvalue weighted by Gasteiger charge is 2.47. The van der Waals surface area contributed by atoms with Crippen molar-refractivity contribution in [3.05, 3.63) is 58.5 Å². The minimum atomic E-state index is -1.10. The van der Waals surface area contributed by atoms with Crippen LogP contribution in [0.5, 0.6) is 0 Å². The molecular formula is C18H17F2NO4. The second-order valence-electron chi connectivity index (χ2n) is 6.27. The van der Waals surface area contributed by atoms with Crippen LogP contribution in [-0.4, -0.2) is 28.9 Å². The molecule has 0 bridgehead atoms. The first-order valence-electron chi connectivity index (χ1n) is 7.81. The summed E-state index contributed by atoms with van der Waals surface area (Å²) in [6.45, 7) is 1.63. The number of amides is 1. The molecule has 1 amide bonds. The van der Waals surface area contributed by atoms with Gasteiger partial charge in [0.25, 0.3) is 0 Å². The fraction of sp³-hybridized carbons (Fsp3) is 0.333. The van der Waals surface area contributed by atoms with Crippen LogP contribution in [0.15, 0.2) is 28.7 Å². The molecule has 2 atom stereocenters. The Bertz CT molecular complexity index is 825. The van der Waals surface area contributed by atoms with Gasteiger partial charge in [0, 0.05) is 24.4 Å². The predicted octanol–water partition coefficient (Wildman–Crippen LogP) is 3.33. The van der Waals surface area contributed by atoms with Crippen LogP contribution in [-0.2, 0) is 11.3 Å². The first-order chi connectivity index (χ1) is 11.8. The van der Waals surface area contributed by atoms with Crippen molar-refractivity contribution in [2.45, 2.75) is 25.8 Å². The van der Waals surface area contributed by atoms with E-state index in [-0.39, 0.29) is 29.3 Å². The van der Waals surface area contributed by atoms with Crippen LogP contribution >= 0.6 is 0 Å². The third-order valence-corrected chi connectivity index (χ3v) is 4.45. The number of furan rings is 1. The molecule has 0 saturated heterocycles. The van der Waals surface area contributed by atoms with Gasteiger partial charge in [-0.1, -0.05) is 6.07 Å². The number of rotatable bonds is 5. The van der Waals surface area contributed by atoms with Gasteiger partial charge in [0.1, 0.15) is 28.7 Å². The van der Waals surface area contributed by atoms with Gasteiger partial charge in [0.05, 0.1) is 6.54 Å². The first-order valence-corrected chi connectivity index (χ1v) is 7.81. The Labute approximate surface area is 142 Å². The van der Waals surface area contributed by atoms with E-state index in [1.807, 2.05) is 0 Å². The smallest absolute Gasteiger partial charge is 0.339 e. The van der Waals surface area contributed by atoms with E-state index >= 15 is 0 Å². The molecule has 25 heavy (non-hydrogen) atoms. The van der Waals surface area contributed by atoms with Gasteiger partial charge >= 0.3 is 5.97 Å². The molecule has 1 saturated carbocycles. The fourth-order valence-electron chi connectivity index (χ4n) is 3.08. The number of carbonyl (C=O) groups is 2. The maximum absolute atomic E-state index is 13.8. The average molecular weight is 349 g/mol. The minimum absolute atomic E-state index is 0.0451. The van der Waals surface area contributed by atoms with E-state index in [0.717, 1.165) is 0 Å². The Balaban J connectivity index is 1.68. The van der Waals surface area contributed by atoms with Crippen molar-refractivity contribution in [2.24, 2.45) is 5.92 Å². The molecule has 0 aliphatic heterocycles. The second kappa shape index (κ2) is 6.31. The van der Waals surface area contributed by atoms with E-state index < -0.39 is 29.4 Å². The molecule has 1 aliphatic rings. The zero-order valence-corrected chi connectivity index (χ0v) is 13.8. The SMILES string of the molecule is Cc1oc(CN(C)C(=O)[C@H]2C[C@H]2c2c(F)cccc2F)cc1C(=O)O. The zero-order valence-electron chi connectivity index (χ0n) is 13.8. The number of aryl methyl sites for hydroxylation is 1. The molecule has 0 unspecified atom stereocenters. The molecular weight excluding hydrogens is 332 g/mol. The van der Waals surface area contributed by atoms with Crippen LogP contribution in [0.4, 0.5) is 8.78 Å². The van der Waals surface area contributed by atoms with Crippen LogP contribution in [0.25, 0.3) is 0 Å². The third kappa shape index (κ3) is 3.26. The fourth-order valence-corrected chi connectivity index (χ4v) is 3.08. The molecule has 1 fully saturated rings. The number of benzene rings is 1. The average Bonchev–Trinajstić information content (AvgIpc) is 3.22. The van der Waals surface area contributed by atoms with E-state index in [1.54, 1.807) is 7.05 Å². The van der Waals surface area contributed by atoms with E-state index in [0.29, 0.717) is 12.2 Å². The van der Waals surface area contributed by atoms with Crippen molar-refractivity contribution in [1.82, 2.24) is 4.90 Å². The maximum atomic E-state index is 13.8. The summed E-state index contributed by atoms with van der Waals surface area (Å²) in [5, 5.41) is 9.02. The molecule has 7 heteroatoms. The summed E-state index contributed by atoms with van der Waals surface area (Å²) in [5.74, 6) is -2.97. The summed E-state index contributed by atoms with van der Waals surface area (Å²) in [5.41, 5.74) is 0.00447. The van der Waals surface area contributed by atoms with Crippen molar-refractivity contribution in [3.63, 3.8) is 0 Å². The molecule has 5 nitrogen and oxygen atoms in total. The second-order valence-corrected chi connectivity index (χ2v) is 6.27. The number of hydrogen-bond donors (Lipinski definition) is 1. The van der Waals surface area contributed by atoms with Crippen molar-refractivity contribution in [1.29, 1.82) is 0 Å². The topological polar surface area (TPSA) is 70.8 Å². The van der Waals surface area contributed by atoms with Crippen LogP contribution in [0.3, 0.4) is 0 Å².